The molecule has 6 heteroatoms. The second-order valence-corrected chi connectivity index (χ2v) is 7.29. The molecule has 2 N–H and O–H groups in total. The molecule has 27 heavy (non-hydrogen) atoms. The lowest BCUT2D eigenvalue weighted by Gasteiger charge is -2.11. The molecule has 0 fully saturated rings. The van der Waals surface area contributed by atoms with Crippen molar-refractivity contribution >= 4 is 23.4 Å². The van der Waals surface area contributed by atoms with Gasteiger partial charge in [0, 0.05) is 29.7 Å². The number of thioether (sulfide) groups is 1. The van der Waals surface area contributed by atoms with E-state index in [-0.39, 0.29) is 5.91 Å². The summed E-state index contributed by atoms with van der Waals surface area (Å²) in [5, 5.41) is 10.2. The molecule has 0 aliphatic heterocycles. The van der Waals surface area contributed by atoms with Crippen molar-refractivity contribution in [1.82, 2.24) is 10.5 Å². The first-order valence-electron chi connectivity index (χ1n) is 8.84. The van der Waals surface area contributed by atoms with Crippen LogP contribution in [0.4, 0.5) is 5.69 Å². The molecule has 3 rings (SSSR count). The Kier molecular flexibility index (Phi) is 6.54. The van der Waals surface area contributed by atoms with E-state index in [1.54, 1.807) is 11.8 Å². The first-order chi connectivity index (χ1) is 13.1. The number of nitrogens with one attached hydrogen (secondary N) is 2. The number of hydrogen-bond acceptors (Lipinski definition) is 5. The van der Waals surface area contributed by atoms with E-state index in [1.807, 2.05) is 49.4 Å². The van der Waals surface area contributed by atoms with Gasteiger partial charge in [-0.1, -0.05) is 35.0 Å². The molecular formula is C21H23N3O2S. The van der Waals surface area contributed by atoms with Crippen LogP contribution in [0.2, 0.25) is 0 Å². The third-order valence-electron chi connectivity index (χ3n) is 3.97. The molecule has 0 bridgehead atoms. The van der Waals surface area contributed by atoms with Gasteiger partial charge in [0.1, 0.15) is 5.76 Å². The summed E-state index contributed by atoms with van der Waals surface area (Å²) in [6.07, 6.45) is 0. The number of aromatic nitrogens is 1. The van der Waals surface area contributed by atoms with Gasteiger partial charge in [0.05, 0.1) is 17.0 Å². The molecule has 3 aromatic rings. The third-order valence-corrected chi connectivity index (χ3v) is 5.07. The number of hydrogen-bond donors (Lipinski definition) is 2. The standard InChI is InChI=1S/C21H23N3O2S/c1-15-7-9-17(10-8-15)22-11-12-23-21(25)19-5-3-4-6-20(19)27-14-18-13-16(2)24-26-18/h3-10,13,22H,11-12,14H2,1-2H3,(H,23,25). The van der Waals surface area contributed by atoms with Crippen LogP contribution in [0.5, 0.6) is 0 Å². The molecule has 0 unspecified atom stereocenters. The molecule has 0 aliphatic carbocycles. The molecule has 5 nitrogen and oxygen atoms in total. The van der Waals surface area contributed by atoms with Crippen LogP contribution in [0, 0.1) is 13.8 Å². The Balaban J connectivity index is 1.51. The second kappa shape index (κ2) is 9.28. The van der Waals surface area contributed by atoms with E-state index in [4.69, 9.17) is 4.52 Å². The Morgan fingerprint density at radius 1 is 1.07 bits per heavy atom. The van der Waals surface area contributed by atoms with Gasteiger partial charge in [-0.2, -0.15) is 0 Å². The van der Waals surface area contributed by atoms with Gasteiger partial charge in [-0.15, -0.1) is 11.8 Å². The van der Waals surface area contributed by atoms with Crippen LogP contribution in [0.3, 0.4) is 0 Å². The topological polar surface area (TPSA) is 67.2 Å². The van der Waals surface area contributed by atoms with E-state index < -0.39 is 0 Å². The first-order valence-corrected chi connectivity index (χ1v) is 9.83. The predicted octanol–water partition coefficient (Wildman–Crippen LogP) is 4.43. The number of aryl methyl sites for hydroxylation is 2. The lowest BCUT2D eigenvalue weighted by molar-refractivity contribution is 0.0952. The molecule has 1 amide bonds. The van der Waals surface area contributed by atoms with Gasteiger partial charge in [0.15, 0.2) is 0 Å². The fraction of sp³-hybridized carbons (Fsp3) is 0.238. The highest BCUT2D eigenvalue weighted by Gasteiger charge is 2.12. The fourth-order valence-corrected chi connectivity index (χ4v) is 3.49. The molecule has 0 saturated heterocycles. The molecule has 0 radical (unpaired) electrons. The molecule has 2 aromatic carbocycles. The zero-order valence-electron chi connectivity index (χ0n) is 15.5. The van der Waals surface area contributed by atoms with Crippen molar-refractivity contribution in [2.24, 2.45) is 0 Å². The Labute approximate surface area is 163 Å². The maximum absolute atomic E-state index is 12.5. The van der Waals surface area contributed by atoms with Crippen molar-refractivity contribution in [1.29, 1.82) is 0 Å². The largest absolute Gasteiger partial charge is 0.383 e. The maximum Gasteiger partial charge on any atom is 0.252 e. The summed E-state index contributed by atoms with van der Waals surface area (Å²) in [6, 6.07) is 17.7. The summed E-state index contributed by atoms with van der Waals surface area (Å²) in [5.74, 6) is 1.37. The zero-order chi connectivity index (χ0) is 19.1. The summed E-state index contributed by atoms with van der Waals surface area (Å²) >= 11 is 1.57. The summed E-state index contributed by atoms with van der Waals surface area (Å²) in [5.41, 5.74) is 3.81. The Hall–Kier alpha value is -2.73. The van der Waals surface area contributed by atoms with Crippen LogP contribution in [0.15, 0.2) is 64.0 Å². The van der Waals surface area contributed by atoms with Gasteiger partial charge in [0.2, 0.25) is 0 Å². The number of amides is 1. The van der Waals surface area contributed by atoms with E-state index in [9.17, 15) is 4.79 Å². The monoisotopic (exact) mass is 381 g/mol. The van der Waals surface area contributed by atoms with Crippen LogP contribution < -0.4 is 10.6 Å². The highest BCUT2D eigenvalue weighted by Crippen LogP contribution is 2.26. The molecule has 0 aliphatic rings. The van der Waals surface area contributed by atoms with Gasteiger partial charge < -0.3 is 15.2 Å². The van der Waals surface area contributed by atoms with E-state index >= 15 is 0 Å². The average molecular weight is 382 g/mol. The smallest absolute Gasteiger partial charge is 0.252 e. The fourth-order valence-electron chi connectivity index (χ4n) is 2.56. The Morgan fingerprint density at radius 3 is 2.59 bits per heavy atom. The van der Waals surface area contributed by atoms with Crippen LogP contribution in [-0.4, -0.2) is 24.2 Å². The van der Waals surface area contributed by atoms with E-state index in [0.717, 1.165) is 22.0 Å². The third kappa shape index (κ3) is 5.62. The number of rotatable bonds is 8. The number of nitrogens with zero attached hydrogens (tertiary/aromatic N) is 1. The number of benzene rings is 2. The number of anilines is 1. The highest BCUT2D eigenvalue weighted by atomic mass is 32.2. The van der Waals surface area contributed by atoms with Gasteiger partial charge in [-0.05, 0) is 38.1 Å². The van der Waals surface area contributed by atoms with Gasteiger partial charge in [-0.3, -0.25) is 4.79 Å². The summed E-state index contributed by atoms with van der Waals surface area (Å²) in [4.78, 5) is 13.5. The SMILES string of the molecule is Cc1ccc(NCCNC(=O)c2ccccc2SCc2cc(C)no2)cc1. The number of carbonyl (C=O) groups excluding carboxylic acids is 1. The van der Waals surface area contributed by atoms with Crippen LogP contribution >= 0.6 is 11.8 Å². The minimum Gasteiger partial charge on any atom is -0.383 e. The first kappa shape index (κ1) is 19.0. The molecular weight excluding hydrogens is 358 g/mol. The van der Waals surface area contributed by atoms with Gasteiger partial charge in [0.25, 0.3) is 5.91 Å². The molecule has 140 valence electrons. The van der Waals surface area contributed by atoms with Crippen molar-refractivity contribution in [3.05, 3.63) is 77.2 Å². The molecule has 1 aromatic heterocycles. The van der Waals surface area contributed by atoms with Crippen molar-refractivity contribution in [3.63, 3.8) is 0 Å². The Morgan fingerprint density at radius 2 is 1.85 bits per heavy atom. The lowest BCUT2D eigenvalue weighted by atomic mass is 10.2. The molecule has 1 heterocycles. The van der Waals surface area contributed by atoms with Crippen molar-refractivity contribution < 1.29 is 9.32 Å². The van der Waals surface area contributed by atoms with Crippen molar-refractivity contribution in [3.8, 4) is 0 Å². The zero-order valence-corrected chi connectivity index (χ0v) is 16.3. The predicted molar refractivity (Wildman–Crippen MR) is 109 cm³/mol. The minimum absolute atomic E-state index is 0.0717. The maximum atomic E-state index is 12.5. The van der Waals surface area contributed by atoms with Crippen molar-refractivity contribution in [2.75, 3.05) is 18.4 Å². The second-order valence-electron chi connectivity index (χ2n) is 6.27. The van der Waals surface area contributed by atoms with E-state index in [0.29, 0.717) is 24.4 Å². The average Bonchev–Trinajstić information content (AvgIpc) is 3.10. The molecule has 0 saturated carbocycles. The summed E-state index contributed by atoms with van der Waals surface area (Å²) in [6.45, 7) is 5.17. The van der Waals surface area contributed by atoms with Gasteiger partial charge in [-0.25, -0.2) is 0 Å². The van der Waals surface area contributed by atoms with Crippen molar-refractivity contribution in [2.45, 2.75) is 24.5 Å². The van der Waals surface area contributed by atoms with Crippen LogP contribution in [-0.2, 0) is 5.75 Å². The molecule has 0 atom stereocenters. The van der Waals surface area contributed by atoms with Gasteiger partial charge >= 0.3 is 0 Å². The number of carbonyl (C=O) groups is 1. The quantitative estimate of drug-likeness (QED) is 0.446. The Bertz CT molecular complexity index is 890. The van der Waals surface area contributed by atoms with Crippen LogP contribution in [0.25, 0.3) is 0 Å². The molecule has 0 spiro atoms. The normalized spacial score (nSPS) is 10.6. The highest BCUT2D eigenvalue weighted by molar-refractivity contribution is 7.98. The minimum atomic E-state index is -0.0717. The summed E-state index contributed by atoms with van der Waals surface area (Å²) < 4.78 is 5.24. The van der Waals surface area contributed by atoms with E-state index in [2.05, 4.69) is 34.8 Å². The van der Waals surface area contributed by atoms with E-state index in [1.165, 1.54) is 5.56 Å². The lowest BCUT2D eigenvalue weighted by Crippen LogP contribution is -2.29. The van der Waals surface area contributed by atoms with Crippen LogP contribution in [0.1, 0.15) is 27.4 Å². The summed E-state index contributed by atoms with van der Waals surface area (Å²) in [7, 11) is 0.